The normalized spacial score (nSPS) is 16.9. The number of hydrogen-bond donors (Lipinski definition) is 0. The van der Waals surface area contributed by atoms with Crippen molar-refractivity contribution in [1.29, 1.82) is 0 Å². The van der Waals surface area contributed by atoms with Crippen molar-refractivity contribution in [3.63, 3.8) is 0 Å². The Bertz CT molecular complexity index is 384. The van der Waals surface area contributed by atoms with Crippen molar-refractivity contribution in [3.8, 4) is 0 Å². The van der Waals surface area contributed by atoms with Crippen LogP contribution in [0.15, 0.2) is 0 Å². The highest BCUT2D eigenvalue weighted by molar-refractivity contribution is 5.30. The van der Waals surface area contributed by atoms with E-state index in [1.54, 1.807) is 0 Å². The van der Waals surface area contributed by atoms with E-state index >= 15 is 0 Å². The standard InChI is InChI=1S/C13H20N2/c1-8-9(2)14-12(10-6-7-10)15-11(8)13(3,4)5/h10H,6-7H2,1-5H3. The van der Waals surface area contributed by atoms with Crippen LogP contribution in [0.1, 0.15) is 62.3 Å². The molecule has 1 aromatic heterocycles. The molecule has 2 heteroatoms. The first-order valence-electron chi connectivity index (χ1n) is 5.75. The molecule has 1 aliphatic carbocycles. The molecule has 0 atom stereocenters. The molecule has 2 rings (SSSR count). The van der Waals surface area contributed by atoms with Gasteiger partial charge in [0.1, 0.15) is 5.82 Å². The van der Waals surface area contributed by atoms with E-state index in [1.807, 2.05) is 0 Å². The predicted octanol–water partition coefficient (Wildman–Crippen LogP) is 3.27. The fourth-order valence-electron chi connectivity index (χ4n) is 1.90. The maximum absolute atomic E-state index is 4.76. The quantitative estimate of drug-likeness (QED) is 0.701. The van der Waals surface area contributed by atoms with Gasteiger partial charge in [-0.1, -0.05) is 20.8 Å². The smallest absolute Gasteiger partial charge is 0.131 e. The van der Waals surface area contributed by atoms with E-state index in [4.69, 9.17) is 4.98 Å². The Morgan fingerprint density at radius 2 is 1.67 bits per heavy atom. The molecule has 0 aliphatic heterocycles. The van der Waals surface area contributed by atoms with Crippen LogP contribution >= 0.6 is 0 Å². The molecule has 2 nitrogen and oxygen atoms in total. The molecule has 82 valence electrons. The van der Waals surface area contributed by atoms with E-state index in [-0.39, 0.29) is 5.41 Å². The highest BCUT2D eigenvalue weighted by Gasteiger charge is 2.29. The minimum Gasteiger partial charge on any atom is -0.238 e. The van der Waals surface area contributed by atoms with E-state index in [9.17, 15) is 0 Å². The zero-order valence-corrected chi connectivity index (χ0v) is 10.4. The number of nitrogens with zero attached hydrogens (tertiary/aromatic N) is 2. The maximum Gasteiger partial charge on any atom is 0.131 e. The molecule has 0 spiro atoms. The lowest BCUT2D eigenvalue weighted by atomic mass is 9.88. The topological polar surface area (TPSA) is 25.8 Å². The van der Waals surface area contributed by atoms with Gasteiger partial charge in [0.05, 0.1) is 5.69 Å². The molecule has 0 radical (unpaired) electrons. The van der Waals surface area contributed by atoms with Crippen molar-refractivity contribution in [2.45, 2.75) is 58.8 Å². The summed E-state index contributed by atoms with van der Waals surface area (Å²) in [6, 6.07) is 0. The Balaban J connectivity index is 2.52. The molecule has 1 heterocycles. The summed E-state index contributed by atoms with van der Waals surface area (Å²) < 4.78 is 0. The summed E-state index contributed by atoms with van der Waals surface area (Å²) in [7, 11) is 0. The maximum atomic E-state index is 4.76. The minimum atomic E-state index is 0.126. The summed E-state index contributed by atoms with van der Waals surface area (Å²) in [5.41, 5.74) is 3.75. The lowest BCUT2D eigenvalue weighted by Gasteiger charge is -2.22. The predicted molar refractivity (Wildman–Crippen MR) is 62.2 cm³/mol. The summed E-state index contributed by atoms with van der Waals surface area (Å²) in [4.78, 5) is 9.35. The van der Waals surface area contributed by atoms with Crippen LogP contribution in [-0.4, -0.2) is 9.97 Å². The lowest BCUT2D eigenvalue weighted by Crippen LogP contribution is -2.18. The van der Waals surface area contributed by atoms with E-state index < -0.39 is 0 Å². The van der Waals surface area contributed by atoms with Crippen LogP contribution < -0.4 is 0 Å². The van der Waals surface area contributed by atoms with E-state index in [2.05, 4.69) is 39.6 Å². The van der Waals surface area contributed by atoms with E-state index in [0.29, 0.717) is 5.92 Å². The van der Waals surface area contributed by atoms with Gasteiger partial charge in [0, 0.05) is 17.0 Å². The molecular weight excluding hydrogens is 184 g/mol. The zero-order valence-electron chi connectivity index (χ0n) is 10.4. The van der Waals surface area contributed by atoms with Gasteiger partial charge in [0.15, 0.2) is 0 Å². The monoisotopic (exact) mass is 204 g/mol. The van der Waals surface area contributed by atoms with Gasteiger partial charge in [0.2, 0.25) is 0 Å². The van der Waals surface area contributed by atoms with Crippen LogP contribution in [0.4, 0.5) is 0 Å². The van der Waals surface area contributed by atoms with Gasteiger partial charge in [0.25, 0.3) is 0 Å². The number of aryl methyl sites for hydroxylation is 1. The van der Waals surface area contributed by atoms with E-state index in [0.717, 1.165) is 11.5 Å². The van der Waals surface area contributed by atoms with Crippen molar-refractivity contribution < 1.29 is 0 Å². The van der Waals surface area contributed by atoms with Gasteiger partial charge in [-0.15, -0.1) is 0 Å². The van der Waals surface area contributed by atoms with Crippen LogP contribution in [-0.2, 0) is 5.41 Å². The summed E-state index contributed by atoms with van der Waals surface area (Å²) in [5, 5.41) is 0. The molecule has 0 amide bonds. The van der Waals surface area contributed by atoms with Crippen molar-refractivity contribution in [3.05, 3.63) is 22.8 Å². The molecule has 0 saturated heterocycles. The number of aromatic nitrogens is 2. The highest BCUT2D eigenvalue weighted by Crippen LogP contribution is 2.39. The molecule has 0 N–H and O–H groups in total. The fraction of sp³-hybridized carbons (Fsp3) is 0.692. The summed E-state index contributed by atoms with van der Waals surface area (Å²) in [6.45, 7) is 10.9. The average molecular weight is 204 g/mol. The third-order valence-electron chi connectivity index (χ3n) is 3.06. The van der Waals surface area contributed by atoms with Crippen molar-refractivity contribution in [2.75, 3.05) is 0 Å². The van der Waals surface area contributed by atoms with Gasteiger partial charge < -0.3 is 0 Å². The zero-order chi connectivity index (χ0) is 11.2. The number of hydrogen-bond acceptors (Lipinski definition) is 2. The molecule has 1 fully saturated rings. The first-order valence-corrected chi connectivity index (χ1v) is 5.75. The molecular formula is C13H20N2. The van der Waals surface area contributed by atoms with Gasteiger partial charge in [-0.05, 0) is 32.3 Å². The molecule has 1 aliphatic rings. The Kier molecular flexibility index (Phi) is 2.32. The third-order valence-corrected chi connectivity index (χ3v) is 3.06. The lowest BCUT2D eigenvalue weighted by molar-refractivity contribution is 0.555. The third kappa shape index (κ3) is 2.04. The Morgan fingerprint density at radius 1 is 1.07 bits per heavy atom. The van der Waals surface area contributed by atoms with Crippen LogP contribution in [0.5, 0.6) is 0 Å². The SMILES string of the molecule is Cc1nc(C2CC2)nc(C(C)(C)C)c1C. The van der Waals surface area contributed by atoms with Crippen LogP contribution in [0.25, 0.3) is 0 Å². The second-order valence-electron chi connectivity index (χ2n) is 5.67. The fourth-order valence-corrected chi connectivity index (χ4v) is 1.90. The molecule has 15 heavy (non-hydrogen) atoms. The summed E-state index contributed by atoms with van der Waals surface area (Å²) >= 11 is 0. The van der Waals surface area contributed by atoms with Gasteiger partial charge >= 0.3 is 0 Å². The van der Waals surface area contributed by atoms with Crippen molar-refractivity contribution >= 4 is 0 Å². The van der Waals surface area contributed by atoms with Crippen molar-refractivity contribution in [2.24, 2.45) is 0 Å². The molecule has 0 unspecified atom stereocenters. The first kappa shape index (κ1) is 10.6. The number of rotatable bonds is 1. The molecule has 0 aromatic carbocycles. The first-order chi connectivity index (χ1) is 6.89. The highest BCUT2D eigenvalue weighted by atomic mass is 14.9. The van der Waals surface area contributed by atoms with Crippen molar-refractivity contribution in [1.82, 2.24) is 9.97 Å². The van der Waals surface area contributed by atoms with Gasteiger partial charge in [-0.25, -0.2) is 9.97 Å². The van der Waals surface area contributed by atoms with Gasteiger partial charge in [-0.3, -0.25) is 0 Å². The minimum absolute atomic E-state index is 0.126. The average Bonchev–Trinajstić information content (AvgIpc) is 2.90. The summed E-state index contributed by atoms with van der Waals surface area (Å²) in [5.74, 6) is 1.72. The summed E-state index contributed by atoms with van der Waals surface area (Å²) in [6.07, 6.45) is 2.54. The van der Waals surface area contributed by atoms with Crippen LogP contribution in [0, 0.1) is 13.8 Å². The Labute approximate surface area is 92.1 Å². The van der Waals surface area contributed by atoms with Crippen LogP contribution in [0.2, 0.25) is 0 Å². The molecule has 1 saturated carbocycles. The second-order valence-corrected chi connectivity index (χ2v) is 5.67. The van der Waals surface area contributed by atoms with Gasteiger partial charge in [-0.2, -0.15) is 0 Å². The van der Waals surface area contributed by atoms with Crippen LogP contribution in [0.3, 0.4) is 0 Å². The second kappa shape index (κ2) is 3.29. The van der Waals surface area contributed by atoms with E-state index in [1.165, 1.54) is 24.1 Å². The largest absolute Gasteiger partial charge is 0.238 e. The molecule has 0 bridgehead atoms. The molecule has 1 aromatic rings. The Morgan fingerprint density at radius 3 is 2.13 bits per heavy atom. The Hall–Kier alpha value is -0.920.